The summed E-state index contributed by atoms with van der Waals surface area (Å²) >= 11 is 0. The Bertz CT molecular complexity index is 1450. The highest BCUT2D eigenvalue weighted by molar-refractivity contribution is 6.11. The second kappa shape index (κ2) is 12.7. The average molecular weight is 513 g/mol. The minimum atomic E-state index is -0.487. The van der Waals surface area contributed by atoms with E-state index >= 15 is 0 Å². The number of rotatable bonds is 10. The number of nitrogens with zero attached hydrogens (tertiary/aromatic N) is 4. The Morgan fingerprint density at radius 3 is 2.18 bits per heavy atom. The molecule has 8 nitrogen and oxygen atoms in total. The molecule has 0 aliphatic rings. The van der Waals surface area contributed by atoms with Gasteiger partial charge in [-0.05, 0) is 55.3 Å². The second-order valence-corrected chi connectivity index (χ2v) is 9.00. The van der Waals surface area contributed by atoms with Gasteiger partial charge in [-0.1, -0.05) is 54.7 Å². The molecule has 0 aliphatic heterocycles. The first-order chi connectivity index (χ1) is 18.5. The molecule has 38 heavy (non-hydrogen) atoms. The zero-order chi connectivity index (χ0) is 26.9. The third-order valence-corrected chi connectivity index (χ3v) is 6.09. The molecular weight excluding hydrogens is 480 g/mol. The fraction of sp³-hybridized carbons (Fsp3) is 0.267. The number of hydrogen-bond acceptors (Lipinski definition) is 6. The molecule has 4 aromatic rings. The van der Waals surface area contributed by atoms with Crippen molar-refractivity contribution in [1.29, 1.82) is 0 Å². The molecule has 2 aromatic carbocycles. The first kappa shape index (κ1) is 26.6. The van der Waals surface area contributed by atoms with E-state index < -0.39 is 11.9 Å². The molecular formula is C30H32N4O4. The second-order valence-electron chi connectivity index (χ2n) is 9.00. The van der Waals surface area contributed by atoms with Crippen LogP contribution in [-0.4, -0.2) is 32.6 Å². The average Bonchev–Trinajstić information content (AvgIpc) is 3.58. The van der Waals surface area contributed by atoms with Gasteiger partial charge in [-0.25, -0.2) is 9.59 Å². The minimum absolute atomic E-state index is 0.440. The van der Waals surface area contributed by atoms with Crippen LogP contribution in [0.25, 0.3) is 16.6 Å². The molecule has 2 aromatic heterocycles. The standard InChI is InChI=1S/C30H32N4O4/c1-4-5-6-7-13-28(31-37-22(2)35)27-21-34(29-14-9-8-12-26(27)29)25-17-15-24(16-18-25)30(32-38-23(3)36)33-19-10-11-20-33/h8-12,14-21H,4-7,13H2,1-3H3/b31-28+,32-30-. The molecule has 196 valence electrons. The van der Waals surface area contributed by atoms with Crippen molar-refractivity contribution >= 4 is 34.4 Å². The normalized spacial score (nSPS) is 12.1. The lowest BCUT2D eigenvalue weighted by Crippen LogP contribution is -2.13. The summed E-state index contributed by atoms with van der Waals surface area (Å²) in [5.41, 5.74) is 4.43. The molecule has 0 aliphatic carbocycles. The molecule has 0 amide bonds. The molecule has 8 heteroatoms. The van der Waals surface area contributed by atoms with Crippen LogP contribution in [0.4, 0.5) is 0 Å². The number of benzene rings is 2. The molecule has 0 spiro atoms. The Morgan fingerprint density at radius 2 is 1.50 bits per heavy atom. The highest BCUT2D eigenvalue weighted by Gasteiger charge is 2.16. The van der Waals surface area contributed by atoms with Gasteiger partial charge >= 0.3 is 11.9 Å². The van der Waals surface area contributed by atoms with Crippen LogP contribution >= 0.6 is 0 Å². The maximum atomic E-state index is 11.5. The van der Waals surface area contributed by atoms with Crippen LogP contribution in [0, 0.1) is 0 Å². The highest BCUT2D eigenvalue weighted by atomic mass is 16.7. The fourth-order valence-corrected chi connectivity index (χ4v) is 4.29. The smallest absolute Gasteiger partial charge is 0.318 e. The predicted octanol–water partition coefficient (Wildman–Crippen LogP) is 6.44. The van der Waals surface area contributed by atoms with Crippen LogP contribution in [0.15, 0.2) is 89.6 Å². The maximum Gasteiger partial charge on any atom is 0.332 e. The molecule has 0 bridgehead atoms. The molecule has 0 saturated carbocycles. The van der Waals surface area contributed by atoms with E-state index in [1.54, 1.807) is 4.57 Å². The van der Waals surface area contributed by atoms with Crippen LogP contribution in [0.1, 0.15) is 64.0 Å². The van der Waals surface area contributed by atoms with E-state index in [4.69, 9.17) is 9.68 Å². The number of para-hydroxylation sites is 1. The van der Waals surface area contributed by atoms with E-state index in [9.17, 15) is 9.59 Å². The summed E-state index contributed by atoms with van der Waals surface area (Å²) in [6.45, 7) is 4.85. The minimum Gasteiger partial charge on any atom is -0.318 e. The third-order valence-electron chi connectivity index (χ3n) is 6.09. The fourth-order valence-electron chi connectivity index (χ4n) is 4.29. The molecule has 0 atom stereocenters. The van der Waals surface area contributed by atoms with Crippen LogP contribution in [0.3, 0.4) is 0 Å². The van der Waals surface area contributed by atoms with Crippen molar-refractivity contribution in [3.63, 3.8) is 0 Å². The molecule has 0 fully saturated rings. The summed E-state index contributed by atoms with van der Waals surface area (Å²) in [6.07, 6.45) is 10.8. The molecule has 0 saturated heterocycles. The quantitative estimate of drug-likeness (QED) is 0.0804. The maximum absolute atomic E-state index is 11.5. The van der Waals surface area contributed by atoms with Crippen molar-refractivity contribution in [2.45, 2.75) is 52.9 Å². The molecule has 0 unspecified atom stereocenters. The largest absolute Gasteiger partial charge is 0.332 e. The van der Waals surface area contributed by atoms with E-state index in [1.165, 1.54) is 13.8 Å². The molecule has 2 heterocycles. The van der Waals surface area contributed by atoms with Gasteiger partial charge < -0.3 is 18.8 Å². The van der Waals surface area contributed by atoms with Crippen LogP contribution in [0.5, 0.6) is 0 Å². The number of oxime groups is 2. The number of carbonyl (C=O) groups excluding carboxylic acids is 2. The summed E-state index contributed by atoms with van der Waals surface area (Å²) in [7, 11) is 0. The summed E-state index contributed by atoms with van der Waals surface area (Å²) < 4.78 is 3.89. The lowest BCUT2D eigenvalue weighted by Gasteiger charge is -2.10. The Morgan fingerprint density at radius 1 is 0.816 bits per heavy atom. The van der Waals surface area contributed by atoms with E-state index in [0.717, 1.165) is 59.1 Å². The first-order valence-electron chi connectivity index (χ1n) is 12.8. The van der Waals surface area contributed by atoms with Gasteiger partial charge in [0.25, 0.3) is 0 Å². The molecule has 4 rings (SSSR count). The predicted molar refractivity (Wildman–Crippen MR) is 148 cm³/mol. The van der Waals surface area contributed by atoms with E-state index in [1.807, 2.05) is 67.1 Å². The van der Waals surface area contributed by atoms with Crippen molar-refractivity contribution < 1.29 is 19.3 Å². The zero-order valence-electron chi connectivity index (χ0n) is 22.0. The van der Waals surface area contributed by atoms with Crippen molar-refractivity contribution in [3.05, 3.63) is 90.4 Å². The number of fused-ring (bicyclic) bond motifs is 1. The Hall–Kier alpha value is -4.46. The Kier molecular flexibility index (Phi) is 8.87. The summed E-state index contributed by atoms with van der Waals surface area (Å²) in [4.78, 5) is 32.9. The van der Waals surface area contributed by atoms with Crippen LogP contribution < -0.4 is 0 Å². The van der Waals surface area contributed by atoms with Gasteiger partial charge in [0.05, 0.1) is 11.2 Å². The summed E-state index contributed by atoms with van der Waals surface area (Å²) in [6, 6.07) is 19.7. The van der Waals surface area contributed by atoms with Crippen molar-refractivity contribution in [2.24, 2.45) is 10.3 Å². The number of unbranched alkanes of at least 4 members (excludes halogenated alkanes) is 3. The monoisotopic (exact) mass is 512 g/mol. The topological polar surface area (TPSA) is 87.2 Å². The van der Waals surface area contributed by atoms with Gasteiger partial charge in [0.2, 0.25) is 0 Å². The lowest BCUT2D eigenvalue weighted by molar-refractivity contribution is -0.141. The van der Waals surface area contributed by atoms with Crippen molar-refractivity contribution in [1.82, 2.24) is 9.13 Å². The van der Waals surface area contributed by atoms with Gasteiger partial charge in [0.1, 0.15) is 0 Å². The van der Waals surface area contributed by atoms with Gasteiger partial charge in [-0.15, -0.1) is 0 Å². The first-order valence-corrected chi connectivity index (χ1v) is 12.8. The van der Waals surface area contributed by atoms with Gasteiger partial charge in [-0.3, -0.25) is 0 Å². The number of carbonyl (C=O) groups is 2. The zero-order valence-corrected chi connectivity index (χ0v) is 22.0. The lowest BCUT2D eigenvalue weighted by atomic mass is 10.0. The Labute approximate surface area is 222 Å². The summed E-state index contributed by atoms with van der Waals surface area (Å²) in [5.74, 6) is -0.430. The molecule has 0 N–H and O–H groups in total. The van der Waals surface area contributed by atoms with E-state index in [2.05, 4.69) is 33.9 Å². The molecule has 0 radical (unpaired) electrons. The summed E-state index contributed by atoms with van der Waals surface area (Å²) in [5, 5.41) is 9.33. The van der Waals surface area contributed by atoms with Gasteiger partial charge in [-0.2, -0.15) is 0 Å². The van der Waals surface area contributed by atoms with E-state index in [-0.39, 0.29) is 0 Å². The SMILES string of the molecule is CCCCCC/C(=N\OC(C)=O)c1cn(-c2ccc(/C(=N/OC(C)=O)n3cccc3)cc2)c2ccccc12. The van der Waals surface area contributed by atoms with Crippen molar-refractivity contribution in [3.8, 4) is 5.69 Å². The Balaban J connectivity index is 1.72. The number of hydrogen-bond donors (Lipinski definition) is 0. The highest BCUT2D eigenvalue weighted by Crippen LogP contribution is 2.27. The third kappa shape index (κ3) is 6.45. The van der Waals surface area contributed by atoms with Gasteiger partial charge in [0, 0.05) is 54.6 Å². The van der Waals surface area contributed by atoms with Crippen molar-refractivity contribution in [2.75, 3.05) is 0 Å². The van der Waals surface area contributed by atoms with Gasteiger partial charge in [0.15, 0.2) is 5.84 Å². The van der Waals surface area contributed by atoms with Crippen LogP contribution in [0.2, 0.25) is 0 Å². The van der Waals surface area contributed by atoms with E-state index in [0.29, 0.717) is 12.3 Å². The van der Waals surface area contributed by atoms with Crippen LogP contribution in [-0.2, 0) is 19.3 Å². The number of aromatic nitrogens is 2.